The predicted molar refractivity (Wildman–Crippen MR) is 154 cm³/mol. The Kier molecular flexibility index (Phi) is 8.52. The van der Waals surface area contributed by atoms with E-state index < -0.39 is 11.7 Å². The molecule has 1 aromatic carbocycles. The van der Waals surface area contributed by atoms with E-state index in [2.05, 4.69) is 32.6 Å². The van der Waals surface area contributed by atoms with Gasteiger partial charge in [-0.05, 0) is 43.4 Å². The van der Waals surface area contributed by atoms with Crippen LogP contribution in [-0.2, 0) is 15.8 Å². The number of likely N-dealkylation sites (tertiary alicyclic amines) is 2. The fraction of sp³-hybridized carbons (Fsp3) is 0.571. The first-order valence-corrected chi connectivity index (χ1v) is 15.4. The van der Waals surface area contributed by atoms with Crippen LogP contribution in [0.15, 0.2) is 36.7 Å². The van der Waals surface area contributed by atoms with Crippen molar-refractivity contribution >= 4 is 52.0 Å². The lowest BCUT2D eigenvalue weighted by atomic mass is 9.88. The lowest BCUT2D eigenvalue weighted by Crippen LogP contribution is -2.46. The maximum absolute atomic E-state index is 13.7. The van der Waals surface area contributed by atoms with Crippen molar-refractivity contribution in [3.8, 4) is 0 Å². The summed E-state index contributed by atoms with van der Waals surface area (Å²) in [6.45, 7) is 2.75. The summed E-state index contributed by atoms with van der Waals surface area (Å²) in [4.78, 5) is 40.1. The van der Waals surface area contributed by atoms with Gasteiger partial charge >= 0.3 is 6.18 Å². The number of hydrogen-bond acceptors (Lipinski definition) is 5. The second kappa shape index (κ2) is 11.6. The number of carbonyl (C=O) groups is 2. The molecule has 12 heteroatoms. The van der Waals surface area contributed by atoms with Crippen molar-refractivity contribution in [2.24, 2.45) is 17.3 Å². The van der Waals surface area contributed by atoms with Crippen LogP contribution < -0.4 is 4.90 Å². The highest BCUT2D eigenvalue weighted by Gasteiger charge is 2.51. The summed E-state index contributed by atoms with van der Waals surface area (Å²) < 4.78 is 39.7. The second-order valence-electron chi connectivity index (χ2n) is 11.3. The molecule has 2 aliphatic heterocycles. The third-order valence-electron chi connectivity index (χ3n) is 8.56. The fourth-order valence-electron chi connectivity index (χ4n) is 5.90. The lowest BCUT2D eigenvalue weighted by molar-refractivity contribution is -0.142. The zero-order valence-corrected chi connectivity index (χ0v) is 25.1. The summed E-state index contributed by atoms with van der Waals surface area (Å²) in [6.07, 6.45) is 0.329. The molecule has 3 fully saturated rings. The van der Waals surface area contributed by atoms with Crippen molar-refractivity contribution in [1.82, 2.24) is 19.8 Å². The SMILES string of the molecule is CN(C[C@H]1CN(C(=O)C2CCN(C(=O)C3(CI)CC3)CC2)C[C@@H]1c1ccc(Cl)cc1)c1ncc(C(F)(F)F)cn1. The van der Waals surface area contributed by atoms with Crippen LogP contribution in [0.25, 0.3) is 0 Å². The van der Waals surface area contributed by atoms with Crippen LogP contribution in [0, 0.1) is 17.3 Å². The zero-order chi connectivity index (χ0) is 28.7. The fourth-order valence-corrected chi connectivity index (χ4v) is 7.12. The summed E-state index contributed by atoms with van der Waals surface area (Å²) in [5.74, 6) is 0.464. The van der Waals surface area contributed by atoms with Crippen molar-refractivity contribution in [2.45, 2.75) is 37.8 Å². The van der Waals surface area contributed by atoms with Crippen LogP contribution in [-0.4, -0.2) is 75.8 Å². The zero-order valence-electron chi connectivity index (χ0n) is 22.2. The number of aromatic nitrogens is 2. The summed E-state index contributed by atoms with van der Waals surface area (Å²) in [7, 11) is 1.75. The van der Waals surface area contributed by atoms with E-state index in [-0.39, 0.29) is 40.9 Å². The van der Waals surface area contributed by atoms with Gasteiger partial charge in [-0.2, -0.15) is 13.2 Å². The molecule has 3 aliphatic rings. The quantitative estimate of drug-likeness (QED) is 0.293. The first-order valence-electron chi connectivity index (χ1n) is 13.5. The van der Waals surface area contributed by atoms with Gasteiger partial charge in [0.05, 0.1) is 11.0 Å². The van der Waals surface area contributed by atoms with Crippen molar-refractivity contribution in [2.75, 3.05) is 49.1 Å². The van der Waals surface area contributed by atoms with E-state index in [0.29, 0.717) is 50.6 Å². The Balaban J connectivity index is 1.26. The van der Waals surface area contributed by atoms with Gasteiger partial charge < -0.3 is 14.7 Å². The number of alkyl halides is 4. The number of halogens is 5. The van der Waals surface area contributed by atoms with E-state index in [0.717, 1.165) is 35.2 Å². The molecule has 0 N–H and O–H groups in total. The van der Waals surface area contributed by atoms with Gasteiger partial charge in [-0.15, -0.1) is 0 Å². The minimum atomic E-state index is -4.50. The minimum absolute atomic E-state index is 0.0149. The van der Waals surface area contributed by atoms with Crippen LogP contribution in [0.1, 0.15) is 42.7 Å². The minimum Gasteiger partial charge on any atom is -0.344 e. The Hall–Kier alpha value is -2.15. The number of amides is 2. The van der Waals surface area contributed by atoms with Gasteiger partial charge in [-0.3, -0.25) is 9.59 Å². The van der Waals surface area contributed by atoms with Crippen molar-refractivity contribution in [1.29, 1.82) is 0 Å². The van der Waals surface area contributed by atoms with Crippen molar-refractivity contribution in [3.05, 3.63) is 52.8 Å². The maximum atomic E-state index is 13.7. The molecule has 0 bridgehead atoms. The largest absolute Gasteiger partial charge is 0.419 e. The molecule has 1 saturated carbocycles. The average molecular weight is 690 g/mol. The van der Waals surface area contributed by atoms with Crippen LogP contribution >= 0.6 is 34.2 Å². The molecule has 216 valence electrons. The molecule has 1 aliphatic carbocycles. The van der Waals surface area contributed by atoms with Crippen LogP contribution in [0.5, 0.6) is 0 Å². The van der Waals surface area contributed by atoms with Gasteiger partial charge in [0.15, 0.2) is 0 Å². The molecular weight excluding hydrogens is 658 g/mol. The molecule has 2 atom stereocenters. The second-order valence-corrected chi connectivity index (χ2v) is 12.5. The van der Waals surface area contributed by atoms with Gasteiger partial charge in [0.25, 0.3) is 0 Å². The smallest absolute Gasteiger partial charge is 0.344 e. The normalized spacial score (nSPS) is 22.9. The molecule has 3 heterocycles. The number of rotatable bonds is 7. The Morgan fingerprint density at radius 3 is 2.25 bits per heavy atom. The van der Waals surface area contributed by atoms with Gasteiger partial charge in [-0.1, -0.05) is 46.3 Å². The average Bonchev–Trinajstić information content (AvgIpc) is 3.65. The Morgan fingerprint density at radius 1 is 1.07 bits per heavy atom. The molecular formula is C28H32ClF3IN5O2. The van der Waals surface area contributed by atoms with Crippen LogP contribution in [0.3, 0.4) is 0 Å². The number of anilines is 1. The number of nitrogens with zero attached hydrogens (tertiary/aromatic N) is 5. The molecule has 0 spiro atoms. The van der Waals surface area contributed by atoms with Crippen LogP contribution in [0.2, 0.25) is 5.02 Å². The van der Waals surface area contributed by atoms with Gasteiger partial charge in [0.2, 0.25) is 17.8 Å². The summed E-state index contributed by atoms with van der Waals surface area (Å²) >= 11 is 8.42. The van der Waals surface area contributed by atoms with Gasteiger partial charge in [0, 0.05) is 79.4 Å². The number of carbonyl (C=O) groups excluding carboxylic acids is 2. The molecule has 2 amide bonds. The highest BCUT2D eigenvalue weighted by atomic mass is 127. The number of hydrogen-bond donors (Lipinski definition) is 0. The van der Waals surface area contributed by atoms with E-state index >= 15 is 0 Å². The molecule has 2 aromatic rings. The molecule has 5 rings (SSSR count). The predicted octanol–water partition coefficient (Wildman–Crippen LogP) is 5.28. The Morgan fingerprint density at radius 2 is 1.70 bits per heavy atom. The van der Waals surface area contributed by atoms with Gasteiger partial charge in [0.1, 0.15) is 0 Å². The monoisotopic (exact) mass is 689 g/mol. The Labute approximate surface area is 250 Å². The molecule has 1 aromatic heterocycles. The van der Waals surface area contributed by atoms with E-state index in [1.54, 1.807) is 11.9 Å². The standard InChI is InChI=1S/C28H32ClF3IN5O2/c1-36(26-34-12-21(13-35-26)28(30,31)32)14-20-15-38(16-23(20)18-2-4-22(29)5-3-18)24(39)19-6-10-37(11-7-19)25(40)27(17-33)8-9-27/h2-5,12-13,19-20,23H,6-11,14-17H2,1H3/t20-,23+/m0/s1. The summed E-state index contributed by atoms with van der Waals surface area (Å²) in [6, 6.07) is 7.59. The van der Waals surface area contributed by atoms with Crippen molar-refractivity contribution < 1.29 is 22.8 Å². The summed E-state index contributed by atoms with van der Waals surface area (Å²) in [5.41, 5.74) is -0.00942. The topological polar surface area (TPSA) is 69.6 Å². The van der Waals surface area contributed by atoms with E-state index in [1.165, 1.54) is 0 Å². The number of piperidine rings is 1. The molecule has 2 saturated heterocycles. The van der Waals surface area contributed by atoms with Crippen molar-refractivity contribution in [3.63, 3.8) is 0 Å². The third kappa shape index (κ3) is 6.19. The summed E-state index contributed by atoms with van der Waals surface area (Å²) in [5, 5.41) is 0.623. The third-order valence-corrected chi connectivity index (χ3v) is 10.3. The highest BCUT2D eigenvalue weighted by molar-refractivity contribution is 14.1. The van der Waals surface area contributed by atoms with E-state index in [1.807, 2.05) is 34.1 Å². The lowest BCUT2D eigenvalue weighted by Gasteiger charge is -2.35. The van der Waals surface area contributed by atoms with Gasteiger partial charge in [-0.25, -0.2) is 9.97 Å². The molecule has 0 radical (unpaired) electrons. The first kappa shape index (κ1) is 29.3. The van der Waals surface area contributed by atoms with Crippen LogP contribution in [0.4, 0.5) is 19.1 Å². The highest BCUT2D eigenvalue weighted by Crippen LogP contribution is 2.49. The number of benzene rings is 1. The Bertz CT molecular complexity index is 1220. The van der Waals surface area contributed by atoms with E-state index in [9.17, 15) is 22.8 Å². The molecule has 7 nitrogen and oxygen atoms in total. The maximum Gasteiger partial charge on any atom is 0.419 e. The molecule has 0 unspecified atom stereocenters. The first-order chi connectivity index (χ1) is 19.0. The molecule has 40 heavy (non-hydrogen) atoms. The van der Waals surface area contributed by atoms with E-state index in [4.69, 9.17) is 11.6 Å².